The number of halogens is 2. The van der Waals surface area contributed by atoms with Crippen LogP contribution < -0.4 is 5.32 Å². The van der Waals surface area contributed by atoms with Crippen LogP contribution in [0.4, 0.5) is 19.3 Å². The molecule has 0 bridgehead atoms. The Morgan fingerprint density at radius 3 is 2.35 bits per heavy atom. The van der Waals surface area contributed by atoms with Crippen LogP contribution in [0.15, 0.2) is 30.3 Å². The van der Waals surface area contributed by atoms with Crippen molar-refractivity contribution in [3.8, 4) is 0 Å². The molecule has 126 valence electrons. The first-order valence-electron chi connectivity index (χ1n) is 7.47. The molecular formula is C17H22F2N2O2. The first-order valence-corrected chi connectivity index (χ1v) is 7.47. The Morgan fingerprint density at radius 2 is 1.87 bits per heavy atom. The Bertz CT molecular complexity index is 604. The third-order valence-corrected chi connectivity index (χ3v) is 3.44. The first-order chi connectivity index (χ1) is 10.6. The van der Waals surface area contributed by atoms with Crippen molar-refractivity contribution in [1.82, 2.24) is 4.90 Å². The Hall–Kier alpha value is -2.11. The van der Waals surface area contributed by atoms with Crippen LogP contribution in [0.5, 0.6) is 0 Å². The summed E-state index contributed by atoms with van der Waals surface area (Å²) < 4.78 is 34.1. The summed E-state index contributed by atoms with van der Waals surface area (Å²) in [6.07, 6.45) is 0.667. The molecule has 6 heteroatoms. The van der Waals surface area contributed by atoms with Crippen LogP contribution in [-0.2, 0) is 4.74 Å². The van der Waals surface area contributed by atoms with Crippen molar-refractivity contribution in [3.63, 3.8) is 0 Å². The van der Waals surface area contributed by atoms with Crippen LogP contribution in [0.2, 0.25) is 0 Å². The van der Waals surface area contributed by atoms with Crippen molar-refractivity contribution in [3.05, 3.63) is 35.9 Å². The lowest BCUT2D eigenvalue weighted by Crippen LogP contribution is -2.46. The number of nitrogens with zero attached hydrogens (tertiary/aromatic N) is 1. The topological polar surface area (TPSA) is 41.6 Å². The highest BCUT2D eigenvalue weighted by atomic mass is 19.3. The average molecular weight is 324 g/mol. The lowest BCUT2D eigenvalue weighted by Gasteiger charge is -2.34. The van der Waals surface area contributed by atoms with Crippen molar-refractivity contribution in [2.24, 2.45) is 0 Å². The molecule has 0 fully saturated rings. The highest BCUT2D eigenvalue weighted by molar-refractivity contribution is 5.76. The van der Waals surface area contributed by atoms with Gasteiger partial charge in [0, 0.05) is 24.9 Å². The summed E-state index contributed by atoms with van der Waals surface area (Å²) in [5, 5.41) is 2.95. The van der Waals surface area contributed by atoms with Crippen LogP contribution in [0.3, 0.4) is 0 Å². The minimum Gasteiger partial charge on any atom is -0.444 e. The fourth-order valence-corrected chi connectivity index (χ4v) is 2.35. The fourth-order valence-electron chi connectivity index (χ4n) is 2.35. The van der Waals surface area contributed by atoms with E-state index in [2.05, 4.69) is 5.32 Å². The third kappa shape index (κ3) is 4.21. The number of rotatable bonds is 2. The second-order valence-corrected chi connectivity index (χ2v) is 6.51. The van der Waals surface area contributed by atoms with Gasteiger partial charge in [0.15, 0.2) is 0 Å². The predicted molar refractivity (Wildman–Crippen MR) is 86.7 cm³/mol. The van der Waals surface area contributed by atoms with Gasteiger partial charge in [-0.15, -0.1) is 0 Å². The van der Waals surface area contributed by atoms with Gasteiger partial charge in [-0.1, -0.05) is 18.2 Å². The number of benzene rings is 1. The van der Waals surface area contributed by atoms with Gasteiger partial charge in [0.1, 0.15) is 5.60 Å². The maximum atomic E-state index is 14.4. The second kappa shape index (κ2) is 6.18. The van der Waals surface area contributed by atoms with Crippen molar-refractivity contribution < 1.29 is 18.3 Å². The van der Waals surface area contributed by atoms with E-state index in [1.165, 1.54) is 6.08 Å². The minimum atomic E-state index is -3.11. The summed E-state index contributed by atoms with van der Waals surface area (Å²) in [5.41, 5.74) is 0.543. The zero-order valence-corrected chi connectivity index (χ0v) is 13.8. The summed E-state index contributed by atoms with van der Waals surface area (Å²) in [6, 6.07) is 6.78. The molecule has 0 spiro atoms. The van der Waals surface area contributed by atoms with Gasteiger partial charge < -0.3 is 10.1 Å². The lowest BCUT2D eigenvalue weighted by molar-refractivity contribution is -0.0105. The maximum absolute atomic E-state index is 14.4. The number of carbonyl (C=O) groups excluding carboxylic acids is 1. The molecule has 1 aromatic rings. The van der Waals surface area contributed by atoms with Gasteiger partial charge in [0.25, 0.3) is 5.92 Å². The Morgan fingerprint density at radius 1 is 1.26 bits per heavy atom. The summed E-state index contributed by atoms with van der Waals surface area (Å²) in [5.74, 6) is -3.11. The lowest BCUT2D eigenvalue weighted by atomic mass is 9.96. The normalized spacial score (nSPS) is 17.5. The number of carbonyl (C=O) groups is 1. The van der Waals surface area contributed by atoms with E-state index < -0.39 is 24.2 Å². The number of alkyl halides is 2. The van der Waals surface area contributed by atoms with Gasteiger partial charge in [-0.2, -0.15) is 8.78 Å². The molecule has 0 aromatic heterocycles. The Kier molecular flexibility index (Phi) is 4.63. The molecule has 1 heterocycles. The monoisotopic (exact) mass is 324 g/mol. The Labute approximate surface area is 135 Å². The van der Waals surface area contributed by atoms with E-state index in [-0.39, 0.29) is 12.1 Å². The number of nitrogens with one attached hydrogen (secondary N) is 1. The molecule has 0 unspecified atom stereocenters. The quantitative estimate of drug-likeness (QED) is 0.894. The molecule has 23 heavy (non-hydrogen) atoms. The van der Waals surface area contributed by atoms with E-state index in [1.54, 1.807) is 52.1 Å². The van der Waals surface area contributed by atoms with Crippen LogP contribution >= 0.6 is 0 Å². The molecule has 0 radical (unpaired) electrons. The molecule has 0 aliphatic carbocycles. The fraction of sp³-hybridized carbons (Fsp3) is 0.471. The smallest absolute Gasteiger partial charge is 0.410 e. The minimum absolute atomic E-state index is 0.0556. The molecule has 1 aliphatic heterocycles. The summed E-state index contributed by atoms with van der Waals surface area (Å²) in [4.78, 5) is 13.0. The van der Waals surface area contributed by atoms with E-state index in [0.717, 1.165) is 10.6 Å². The predicted octanol–water partition coefficient (Wildman–Crippen LogP) is 4.00. The highest BCUT2D eigenvalue weighted by Crippen LogP contribution is 2.36. The summed E-state index contributed by atoms with van der Waals surface area (Å²) in [7, 11) is 1.77. The van der Waals surface area contributed by atoms with Gasteiger partial charge >= 0.3 is 6.09 Å². The van der Waals surface area contributed by atoms with Crippen molar-refractivity contribution in [2.45, 2.75) is 32.3 Å². The average Bonchev–Trinajstić information content (AvgIpc) is 2.44. The molecule has 4 nitrogen and oxygen atoms in total. The van der Waals surface area contributed by atoms with Crippen LogP contribution in [0.1, 0.15) is 26.3 Å². The van der Waals surface area contributed by atoms with Gasteiger partial charge in [0.2, 0.25) is 0 Å². The standard InChI is InChI=1S/C17H22F2N2O2/c1-16(2,3)23-15(22)21-10-9-14(17(18,19)11-21)12-5-7-13(20-4)8-6-12/h5-9,20H,10-11H2,1-4H3. The van der Waals surface area contributed by atoms with Crippen LogP contribution in [0, 0.1) is 0 Å². The van der Waals surface area contributed by atoms with Gasteiger partial charge in [-0.3, -0.25) is 4.90 Å². The molecule has 1 amide bonds. The van der Waals surface area contributed by atoms with Crippen molar-refractivity contribution in [2.75, 3.05) is 25.5 Å². The van der Waals surface area contributed by atoms with E-state index >= 15 is 0 Å². The molecule has 0 atom stereocenters. The van der Waals surface area contributed by atoms with Crippen molar-refractivity contribution >= 4 is 17.4 Å². The molecule has 1 N–H and O–H groups in total. The van der Waals surface area contributed by atoms with Crippen LogP contribution in [-0.4, -0.2) is 42.7 Å². The molecule has 0 saturated carbocycles. The molecule has 0 saturated heterocycles. The third-order valence-electron chi connectivity index (χ3n) is 3.44. The second-order valence-electron chi connectivity index (χ2n) is 6.51. The maximum Gasteiger partial charge on any atom is 0.410 e. The van der Waals surface area contributed by atoms with E-state index in [9.17, 15) is 13.6 Å². The van der Waals surface area contributed by atoms with Crippen LogP contribution in [0.25, 0.3) is 5.57 Å². The number of hydrogen-bond donors (Lipinski definition) is 1. The molecule has 1 aliphatic rings. The highest BCUT2D eigenvalue weighted by Gasteiger charge is 2.42. The van der Waals surface area contributed by atoms with Gasteiger partial charge in [-0.05, 0) is 38.5 Å². The van der Waals surface area contributed by atoms with Gasteiger partial charge in [0.05, 0.1) is 6.54 Å². The molecule has 1 aromatic carbocycles. The zero-order chi connectivity index (χ0) is 17.3. The summed E-state index contributed by atoms with van der Waals surface area (Å²) >= 11 is 0. The van der Waals surface area contributed by atoms with E-state index in [4.69, 9.17) is 4.74 Å². The van der Waals surface area contributed by atoms with Crippen molar-refractivity contribution in [1.29, 1.82) is 0 Å². The Balaban J connectivity index is 2.19. The number of ether oxygens (including phenoxy) is 1. The SMILES string of the molecule is CNc1ccc(C2=CCN(C(=O)OC(C)(C)C)CC2(F)F)cc1. The number of anilines is 1. The van der Waals surface area contributed by atoms with E-state index in [1.807, 2.05) is 0 Å². The van der Waals surface area contributed by atoms with E-state index in [0.29, 0.717) is 5.56 Å². The largest absolute Gasteiger partial charge is 0.444 e. The number of amides is 1. The molecule has 2 rings (SSSR count). The zero-order valence-electron chi connectivity index (χ0n) is 13.8. The summed E-state index contributed by atoms with van der Waals surface area (Å²) in [6.45, 7) is 4.54. The number of hydrogen-bond acceptors (Lipinski definition) is 3. The van der Waals surface area contributed by atoms with Gasteiger partial charge in [-0.25, -0.2) is 4.79 Å². The molecular weight excluding hydrogens is 302 g/mol. The first kappa shape index (κ1) is 17.2.